The normalized spacial score (nSPS) is 10.4. The molecule has 0 aliphatic carbocycles. The second-order valence-corrected chi connectivity index (χ2v) is 5.57. The number of nitro groups is 3. The van der Waals surface area contributed by atoms with E-state index in [0.29, 0.717) is 11.1 Å². The third-order valence-electron chi connectivity index (χ3n) is 3.98. The van der Waals surface area contributed by atoms with E-state index in [2.05, 4.69) is 0 Å². The lowest BCUT2D eigenvalue weighted by atomic mass is 9.96. The molecule has 0 bridgehead atoms. The standard InChI is InChI=1S/C18H11N3O6/c22-19(23)14-9-7-12(8-10-14)16-5-2-6-17(18(16)21(26)27)13-3-1-4-15(11-13)20(24)25/h1-11H. The Morgan fingerprint density at radius 2 is 1.11 bits per heavy atom. The minimum atomic E-state index is -0.574. The van der Waals surface area contributed by atoms with Gasteiger partial charge in [0.05, 0.1) is 25.9 Å². The van der Waals surface area contributed by atoms with Crippen molar-refractivity contribution < 1.29 is 14.8 Å². The maximum atomic E-state index is 11.7. The molecule has 0 saturated heterocycles. The fraction of sp³-hybridized carbons (Fsp3) is 0. The van der Waals surface area contributed by atoms with Gasteiger partial charge in [0.2, 0.25) is 0 Å². The second kappa shape index (κ2) is 7.00. The van der Waals surface area contributed by atoms with E-state index in [1.165, 1.54) is 54.6 Å². The van der Waals surface area contributed by atoms with Crippen LogP contribution in [0.15, 0.2) is 66.7 Å². The predicted molar refractivity (Wildman–Crippen MR) is 97.3 cm³/mol. The van der Waals surface area contributed by atoms with Crippen molar-refractivity contribution in [1.82, 2.24) is 0 Å². The first kappa shape index (κ1) is 17.7. The van der Waals surface area contributed by atoms with Crippen LogP contribution in [0, 0.1) is 30.3 Å². The molecule has 134 valence electrons. The molecule has 3 aromatic carbocycles. The summed E-state index contributed by atoms with van der Waals surface area (Å²) < 4.78 is 0. The molecule has 0 amide bonds. The SMILES string of the molecule is O=[N+]([O-])c1ccc(-c2cccc(-c3cccc([N+](=O)[O-])c3)c2[N+](=O)[O-])cc1. The minimum Gasteiger partial charge on any atom is -0.258 e. The highest BCUT2D eigenvalue weighted by Gasteiger charge is 2.23. The molecule has 0 radical (unpaired) electrons. The zero-order chi connectivity index (χ0) is 19.6. The monoisotopic (exact) mass is 365 g/mol. The summed E-state index contributed by atoms with van der Waals surface area (Å²) in [6.07, 6.45) is 0. The van der Waals surface area contributed by atoms with E-state index in [9.17, 15) is 30.3 Å². The van der Waals surface area contributed by atoms with Crippen molar-refractivity contribution in [1.29, 1.82) is 0 Å². The van der Waals surface area contributed by atoms with Crippen LogP contribution in [-0.2, 0) is 0 Å². The maximum Gasteiger partial charge on any atom is 0.284 e. The van der Waals surface area contributed by atoms with Crippen molar-refractivity contribution >= 4 is 17.1 Å². The van der Waals surface area contributed by atoms with E-state index in [1.54, 1.807) is 12.1 Å². The van der Waals surface area contributed by atoms with Gasteiger partial charge in [-0.2, -0.15) is 0 Å². The molecule has 0 heterocycles. The average Bonchev–Trinajstić information content (AvgIpc) is 2.67. The van der Waals surface area contributed by atoms with Gasteiger partial charge in [0.25, 0.3) is 17.1 Å². The van der Waals surface area contributed by atoms with Crippen molar-refractivity contribution in [2.24, 2.45) is 0 Å². The Bertz CT molecular complexity index is 1060. The third kappa shape index (κ3) is 3.47. The van der Waals surface area contributed by atoms with Crippen LogP contribution in [0.4, 0.5) is 17.1 Å². The molecule has 0 aromatic heterocycles. The van der Waals surface area contributed by atoms with Gasteiger partial charge in [0.1, 0.15) is 0 Å². The zero-order valence-corrected chi connectivity index (χ0v) is 13.6. The zero-order valence-electron chi connectivity index (χ0n) is 13.6. The van der Waals surface area contributed by atoms with Crippen LogP contribution in [0.2, 0.25) is 0 Å². The number of hydrogen-bond acceptors (Lipinski definition) is 6. The van der Waals surface area contributed by atoms with Crippen LogP contribution in [0.1, 0.15) is 0 Å². The van der Waals surface area contributed by atoms with E-state index < -0.39 is 14.8 Å². The molecule has 0 aliphatic rings. The number of rotatable bonds is 5. The summed E-state index contributed by atoms with van der Waals surface area (Å²) in [5.41, 5.74) is 0.711. The Labute approximate surface area is 152 Å². The molecule has 0 saturated carbocycles. The summed E-state index contributed by atoms with van der Waals surface area (Å²) in [5.74, 6) is 0. The number of non-ortho nitro benzene ring substituents is 2. The molecule has 0 aliphatic heterocycles. The quantitative estimate of drug-likeness (QED) is 0.474. The topological polar surface area (TPSA) is 129 Å². The smallest absolute Gasteiger partial charge is 0.258 e. The Morgan fingerprint density at radius 1 is 0.556 bits per heavy atom. The van der Waals surface area contributed by atoms with E-state index in [-0.39, 0.29) is 28.2 Å². The van der Waals surface area contributed by atoms with Gasteiger partial charge in [0, 0.05) is 24.3 Å². The fourth-order valence-electron chi connectivity index (χ4n) is 2.76. The van der Waals surface area contributed by atoms with E-state index >= 15 is 0 Å². The van der Waals surface area contributed by atoms with Crippen LogP contribution < -0.4 is 0 Å². The first-order valence-corrected chi connectivity index (χ1v) is 7.65. The number of nitro benzene ring substituents is 3. The highest BCUT2D eigenvalue weighted by Crippen LogP contribution is 2.39. The molecule has 3 aromatic rings. The molecule has 0 atom stereocenters. The molecule has 9 nitrogen and oxygen atoms in total. The highest BCUT2D eigenvalue weighted by molar-refractivity contribution is 5.86. The Balaban J connectivity index is 2.19. The molecular formula is C18H11N3O6. The van der Waals surface area contributed by atoms with Gasteiger partial charge in [0.15, 0.2) is 0 Å². The number of nitrogens with zero attached hydrogens (tertiary/aromatic N) is 3. The van der Waals surface area contributed by atoms with Crippen LogP contribution in [-0.4, -0.2) is 14.8 Å². The van der Waals surface area contributed by atoms with Crippen LogP contribution in [0.25, 0.3) is 22.3 Å². The van der Waals surface area contributed by atoms with Crippen LogP contribution >= 0.6 is 0 Å². The molecule has 0 N–H and O–H groups in total. The Kier molecular flexibility index (Phi) is 4.58. The number of benzene rings is 3. The van der Waals surface area contributed by atoms with Gasteiger partial charge < -0.3 is 0 Å². The van der Waals surface area contributed by atoms with Crippen molar-refractivity contribution in [2.45, 2.75) is 0 Å². The molecule has 27 heavy (non-hydrogen) atoms. The van der Waals surface area contributed by atoms with Gasteiger partial charge in [-0.05, 0) is 35.4 Å². The lowest BCUT2D eigenvalue weighted by Crippen LogP contribution is -1.96. The lowest BCUT2D eigenvalue weighted by molar-refractivity contribution is -0.385. The minimum absolute atomic E-state index is 0.128. The van der Waals surface area contributed by atoms with E-state index in [0.717, 1.165) is 0 Å². The first-order chi connectivity index (χ1) is 12.9. The summed E-state index contributed by atoms with van der Waals surface area (Å²) in [6.45, 7) is 0. The highest BCUT2D eigenvalue weighted by atomic mass is 16.6. The lowest BCUT2D eigenvalue weighted by Gasteiger charge is -2.08. The number of hydrogen-bond donors (Lipinski definition) is 0. The van der Waals surface area contributed by atoms with Gasteiger partial charge in [-0.3, -0.25) is 30.3 Å². The Morgan fingerprint density at radius 3 is 1.67 bits per heavy atom. The van der Waals surface area contributed by atoms with Gasteiger partial charge in [-0.15, -0.1) is 0 Å². The van der Waals surface area contributed by atoms with Crippen molar-refractivity contribution in [3.05, 3.63) is 97.1 Å². The average molecular weight is 365 g/mol. The third-order valence-corrected chi connectivity index (χ3v) is 3.98. The van der Waals surface area contributed by atoms with Crippen LogP contribution in [0.5, 0.6) is 0 Å². The van der Waals surface area contributed by atoms with Crippen molar-refractivity contribution in [3.8, 4) is 22.3 Å². The molecular weight excluding hydrogens is 354 g/mol. The summed E-state index contributed by atoms with van der Waals surface area (Å²) in [4.78, 5) is 31.8. The van der Waals surface area contributed by atoms with Gasteiger partial charge in [-0.25, -0.2) is 0 Å². The van der Waals surface area contributed by atoms with E-state index in [1.807, 2.05) is 0 Å². The second-order valence-electron chi connectivity index (χ2n) is 5.57. The molecule has 0 spiro atoms. The summed E-state index contributed by atoms with van der Waals surface area (Å²) >= 11 is 0. The molecule has 3 rings (SSSR count). The fourth-order valence-corrected chi connectivity index (χ4v) is 2.76. The van der Waals surface area contributed by atoms with Gasteiger partial charge in [-0.1, -0.05) is 18.2 Å². The summed E-state index contributed by atoms with van der Waals surface area (Å²) in [7, 11) is 0. The molecule has 0 fully saturated rings. The summed E-state index contributed by atoms with van der Waals surface area (Å²) in [6, 6.07) is 15.6. The van der Waals surface area contributed by atoms with E-state index in [4.69, 9.17) is 0 Å². The number of para-hydroxylation sites is 1. The summed E-state index contributed by atoms with van der Waals surface area (Å²) in [5, 5.41) is 33.5. The Hall–Kier alpha value is -4.14. The predicted octanol–water partition coefficient (Wildman–Crippen LogP) is 4.75. The van der Waals surface area contributed by atoms with Crippen molar-refractivity contribution in [3.63, 3.8) is 0 Å². The largest absolute Gasteiger partial charge is 0.284 e. The molecule has 0 unspecified atom stereocenters. The van der Waals surface area contributed by atoms with Crippen molar-refractivity contribution in [2.75, 3.05) is 0 Å². The van der Waals surface area contributed by atoms with Crippen LogP contribution in [0.3, 0.4) is 0 Å². The van der Waals surface area contributed by atoms with Gasteiger partial charge >= 0.3 is 0 Å². The molecule has 9 heteroatoms. The maximum absolute atomic E-state index is 11.7. The first-order valence-electron chi connectivity index (χ1n) is 7.65.